The fourth-order valence-electron chi connectivity index (χ4n) is 0.562. The van der Waals surface area contributed by atoms with Crippen LogP contribution in [-0.4, -0.2) is 17.8 Å². The number of rotatable bonds is 0. The van der Waals surface area contributed by atoms with Crippen molar-refractivity contribution in [2.45, 2.75) is 12.8 Å². The van der Waals surface area contributed by atoms with Crippen molar-refractivity contribution in [1.29, 1.82) is 5.41 Å². The molecule has 1 rings (SSSR count). The predicted molar refractivity (Wildman–Crippen MR) is 30.5 cm³/mol. The fourth-order valence-corrected chi connectivity index (χ4v) is 0.562. The predicted octanol–water partition coefficient (Wildman–Crippen LogP) is 0.397. The SMILES string of the molecule is N=C1CC(=O)CC=N1. The van der Waals surface area contributed by atoms with Crippen molar-refractivity contribution in [3.63, 3.8) is 0 Å². The Morgan fingerprint density at radius 3 is 2.88 bits per heavy atom. The summed E-state index contributed by atoms with van der Waals surface area (Å²) in [7, 11) is 0. The lowest BCUT2D eigenvalue weighted by molar-refractivity contribution is -0.116. The molecule has 0 bridgehead atoms. The summed E-state index contributed by atoms with van der Waals surface area (Å²) in [5, 5.41) is 6.90. The van der Waals surface area contributed by atoms with Gasteiger partial charge in [0.25, 0.3) is 0 Å². The summed E-state index contributed by atoms with van der Waals surface area (Å²) in [5.74, 6) is 0.270. The van der Waals surface area contributed by atoms with Crippen molar-refractivity contribution < 1.29 is 4.79 Å². The number of nitrogens with zero attached hydrogens (tertiary/aromatic N) is 1. The lowest BCUT2D eigenvalue weighted by atomic mass is 10.2. The van der Waals surface area contributed by atoms with E-state index in [4.69, 9.17) is 5.41 Å². The van der Waals surface area contributed by atoms with Crippen LogP contribution in [0, 0.1) is 5.41 Å². The number of aliphatic imine (C=N–C) groups is 1. The Balaban J connectivity index is 2.68. The van der Waals surface area contributed by atoms with Gasteiger partial charge in [0.05, 0.1) is 6.42 Å². The van der Waals surface area contributed by atoms with E-state index < -0.39 is 0 Å². The van der Waals surface area contributed by atoms with Crippen molar-refractivity contribution in [1.82, 2.24) is 0 Å². The molecule has 0 spiro atoms. The molecule has 8 heavy (non-hydrogen) atoms. The first-order chi connectivity index (χ1) is 3.79. The number of nitrogens with one attached hydrogen (secondary N) is 1. The number of hydrogen-bond acceptors (Lipinski definition) is 2. The van der Waals surface area contributed by atoms with Crippen LogP contribution in [0.2, 0.25) is 0 Å². The van der Waals surface area contributed by atoms with Crippen molar-refractivity contribution in [2.75, 3.05) is 0 Å². The number of hydrogen-bond donors (Lipinski definition) is 1. The quantitative estimate of drug-likeness (QED) is 0.482. The smallest absolute Gasteiger partial charge is 0.145 e. The molecule has 0 saturated heterocycles. The summed E-state index contributed by atoms with van der Waals surface area (Å²) in [6.07, 6.45) is 2.10. The van der Waals surface area contributed by atoms with Gasteiger partial charge in [-0.05, 0) is 0 Å². The molecule has 42 valence electrons. The van der Waals surface area contributed by atoms with Crippen LogP contribution < -0.4 is 0 Å². The molecule has 0 aromatic rings. The molecular formula is C5H6N2O. The first kappa shape index (κ1) is 5.15. The highest BCUT2D eigenvalue weighted by Crippen LogP contribution is 1.96. The van der Waals surface area contributed by atoms with Gasteiger partial charge >= 0.3 is 0 Å². The Morgan fingerprint density at radius 1 is 1.75 bits per heavy atom. The maximum Gasteiger partial charge on any atom is 0.145 e. The molecule has 0 aromatic heterocycles. The summed E-state index contributed by atoms with van der Waals surface area (Å²) >= 11 is 0. The number of ketones is 1. The molecule has 0 radical (unpaired) electrons. The van der Waals surface area contributed by atoms with E-state index in [-0.39, 0.29) is 18.0 Å². The van der Waals surface area contributed by atoms with Gasteiger partial charge in [0.15, 0.2) is 0 Å². The van der Waals surface area contributed by atoms with E-state index in [0.29, 0.717) is 6.42 Å². The van der Waals surface area contributed by atoms with E-state index in [2.05, 4.69) is 4.99 Å². The van der Waals surface area contributed by atoms with E-state index >= 15 is 0 Å². The Morgan fingerprint density at radius 2 is 2.50 bits per heavy atom. The molecule has 1 N–H and O–H groups in total. The summed E-state index contributed by atoms with van der Waals surface area (Å²) in [4.78, 5) is 14.1. The molecule has 1 heterocycles. The van der Waals surface area contributed by atoms with Crippen LogP contribution in [0.3, 0.4) is 0 Å². The van der Waals surface area contributed by atoms with Crippen LogP contribution >= 0.6 is 0 Å². The van der Waals surface area contributed by atoms with Crippen LogP contribution in [-0.2, 0) is 4.79 Å². The summed E-state index contributed by atoms with van der Waals surface area (Å²) in [6.45, 7) is 0. The Kier molecular flexibility index (Phi) is 1.20. The summed E-state index contributed by atoms with van der Waals surface area (Å²) in [5.41, 5.74) is 0. The lowest BCUT2D eigenvalue weighted by Crippen LogP contribution is -2.10. The third-order valence-corrected chi connectivity index (χ3v) is 0.931. The fraction of sp³-hybridized carbons (Fsp3) is 0.400. The van der Waals surface area contributed by atoms with Crippen LogP contribution in [0.25, 0.3) is 0 Å². The van der Waals surface area contributed by atoms with Gasteiger partial charge in [0, 0.05) is 12.6 Å². The monoisotopic (exact) mass is 110 g/mol. The maximum absolute atomic E-state index is 10.4. The van der Waals surface area contributed by atoms with Gasteiger partial charge in [0.2, 0.25) is 0 Å². The van der Waals surface area contributed by atoms with Gasteiger partial charge in [-0.1, -0.05) is 0 Å². The minimum atomic E-state index is 0.0880. The van der Waals surface area contributed by atoms with E-state index in [1.165, 1.54) is 6.21 Å². The number of amidine groups is 1. The summed E-state index contributed by atoms with van der Waals surface area (Å²) in [6, 6.07) is 0. The van der Waals surface area contributed by atoms with Crippen LogP contribution in [0.15, 0.2) is 4.99 Å². The normalized spacial score (nSPS) is 19.5. The lowest BCUT2D eigenvalue weighted by Gasteiger charge is -1.99. The molecule has 0 amide bonds. The Bertz CT molecular complexity index is 160. The van der Waals surface area contributed by atoms with Gasteiger partial charge in [-0.2, -0.15) is 0 Å². The molecule has 1 aliphatic rings. The van der Waals surface area contributed by atoms with Gasteiger partial charge in [-0.15, -0.1) is 0 Å². The second kappa shape index (κ2) is 1.86. The average molecular weight is 110 g/mol. The first-order valence-corrected chi connectivity index (χ1v) is 2.40. The third kappa shape index (κ3) is 0.992. The van der Waals surface area contributed by atoms with E-state index in [1.807, 2.05) is 0 Å². The molecule has 0 atom stereocenters. The maximum atomic E-state index is 10.4. The number of Topliss-reactive ketones (excluding diaryl/α,β-unsaturated/α-hetero) is 1. The molecule has 0 unspecified atom stereocenters. The molecule has 0 saturated carbocycles. The molecule has 3 heteroatoms. The van der Waals surface area contributed by atoms with E-state index in [1.54, 1.807) is 0 Å². The highest BCUT2D eigenvalue weighted by atomic mass is 16.1. The minimum Gasteiger partial charge on any atom is -0.299 e. The average Bonchev–Trinajstić information content (AvgIpc) is 1.64. The highest BCUT2D eigenvalue weighted by molar-refractivity contribution is 6.10. The molecule has 3 nitrogen and oxygen atoms in total. The summed E-state index contributed by atoms with van der Waals surface area (Å²) < 4.78 is 0. The van der Waals surface area contributed by atoms with Crippen LogP contribution in [0.1, 0.15) is 12.8 Å². The van der Waals surface area contributed by atoms with Crippen molar-refractivity contribution in [3.05, 3.63) is 0 Å². The highest BCUT2D eigenvalue weighted by Gasteiger charge is 2.07. The van der Waals surface area contributed by atoms with Crippen molar-refractivity contribution in [3.8, 4) is 0 Å². The van der Waals surface area contributed by atoms with Crippen molar-refractivity contribution in [2.24, 2.45) is 4.99 Å². The minimum absolute atomic E-state index is 0.0880. The van der Waals surface area contributed by atoms with Crippen LogP contribution in [0.4, 0.5) is 0 Å². The standard InChI is InChI=1S/C5H6N2O/c6-5-3-4(8)1-2-7-5/h2,6H,1,3H2. The van der Waals surface area contributed by atoms with Crippen molar-refractivity contribution >= 4 is 17.8 Å². The largest absolute Gasteiger partial charge is 0.299 e. The number of carbonyl (C=O) groups is 1. The molecule has 0 aliphatic carbocycles. The topological polar surface area (TPSA) is 53.3 Å². The zero-order valence-corrected chi connectivity index (χ0v) is 4.35. The van der Waals surface area contributed by atoms with Gasteiger partial charge in [-0.25, -0.2) is 4.99 Å². The zero-order valence-electron chi connectivity index (χ0n) is 4.35. The van der Waals surface area contributed by atoms with Crippen LogP contribution in [0.5, 0.6) is 0 Å². The third-order valence-electron chi connectivity index (χ3n) is 0.931. The number of carbonyl (C=O) groups excluding carboxylic acids is 1. The molecule has 1 aliphatic heterocycles. The Labute approximate surface area is 46.9 Å². The first-order valence-electron chi connectivity index (χ1n) is 2.40. The molecule has 0 fully saturated rings. The molecular weight excluding hydrogens is 104 g/mol. The molecule has 0 aromatic carbocycles. The van der Waals surface area contributed by atoms with E-state index in [9.17, 15) is 4.79 Å². The van der Waals surface area contributed by atoms with E-state index in [0.717, 1.165) is 0 Å². The van der Waals surface area contributed by atoms with Gasteiger partial charge in [-0.3, -0.25) is 10.2 Å². The second-order valence-corrected chi connectivity index (χ2v) is 1.68. The van der Waals surface area contributed by atoms with Gasteiger partial charge < -0.3 is 0 Å². The van der Waals surface area contributed by atoms with Gasteiger partial charge in [0.1, 0.15) is 11.6 Å². The Hall–Kier alpha value is -0.990. The second-order valence-electron chi connectivity index (χ2n) is 1.68. The zero-order chi connectivity index (χ0) is 5.98.